The summed E-state index contributed by atoms with van der Waals surface area (Å²) in [6.07, 6.45) is 5.59. The summed E-state index contributed by atoms with van der Waals surface area (Å²) in [4.78, 5) is 22.9. The van der Waals surface area contributed by atoms with Crippen molar-refractivity contribution in [2.24, 2.45) is 0 Å². The highest BCUT2D eigenvalue weighted by Crippen LogP contribution is 2.21. The molecule has 0 aliphatic rings. The third-order valence-corrected chi connectivity index (χ3v) is 4.19. The molecule has 3 rings (SSSR count). The quantitative estimate of drug-likeness (QED) is 0.672. The summed E-state index contributed by atoms with van der Waals surface area (Å²) in [5, 5.41) is 10.4. The van der Waals surface area contributed by atoms with Gasteiger partial charge in [0.25, 0.3) is 0 Å². The summed E-state index contributed by atoms with van der Waals surface area (Å²) in [5.74, 6) is 0.606. The molecular weight excluding hydrogens is 320 g/mol. The zero-order valence-electron chi connectivity index (χ0n) is 14.6. The molecule has 7 heteroatoms. The van der Waals surface area contributed by atoms with E-state index in [0.717, 1.165) is 5.65 Å². The first-order valence-electron chi connectivity index (χ1n) is 8.26. The van der Waals surface area contributed by atoms with Crippen molar-refractivity contribution in [1.82, 2.24) is 19.4 Å². The van der Waals surface area contributed by atoms with E-state index in [1.165, 1.54) is 18.9 Å². The number of fused-ring (bicyclic) bond motifs is 1. The topological polar surface area (TPSA) is 92.5 Å². The molecule has 2 N–H and O–H groups in total. The number of nitrogens with one attached hydrogen (secondary N) is 1. The second-order valence-electron chi connectivity index (χ2n) is 6.34. The number of methoxy groups -OCH3 is 1. The number of ether oxygens (including phenoxy) is 1. The Balaban J connectivity index is 1.68. The number of carbonyl (C=O) groups is 1. The number of hydrogen-bond donors (Lipinski definition) is 2. The molecule has 0 saturated heterocycles. The van der Waals surface area contributed by atoms with Gasteiger partial charge in [-0.15, -0.1) is 0 Å². The summed E-state index contributed by atoms with van der Waals surface area (Å²) in [6, 6.07) is 4.01. The lowest BCUT2D eigenvalue weighted by Gasteiger charge is -2.05. The molecule has 0 spiro atoms. The Bertz CT molecular complexity index is 881. The van der Waals surface area contributed by atoms with Gasteiger partial charge in [0.15, 0.2) is 0 Å². The fourth-order valence-electron chi connectivity index (χ4n) is 2.66. The maximum Gasteiger partial charge on any atom is 0.356 e. The summed E-state index contributed by atoms with van der Waals surface area (Å²) in [6.45, 7) is 4.28. The van der Waals surface area contributed by atoms with Crippen LogP contribution in [0.3, 0.4) is 0 Å². The highest BCUT2D eigenvalue weighted by Gasteiger charge is 2.15. The Morgan fingerprint density at radius 2 is 2.16 bits per heavy atom. The molecule has 1 atom stereocenters. The standard InChI is InChI=1S/C18H22N4O3/c1-11(2)12-4-7-17-21-14(10-22(17)9-12)15(23)5-6-16-19-8-13(20-16)18(24)25-3/h4,7-11,15,23H,5-6H2,1-3H3,(H,19,20). The van der Waals surface area contributed by atoms with Gasteiger partial charge in [-0.1, -0.05) is 19.9 Å². The molecule has 0 radical (unpaired) electrons. The lowest BCUT2D eigenvalue weighted by atomic mass is 10.1. The number of H-pyrrole nitrogens is 1. The van der Waals surface area contributed by atoms with Crippen molar-refractivity contribution in [1.29, 1.82) is 0 Å². The summed E-state index contributed by atoms with van der Waals surface area (Å²) in [7, 11) is 1.32. The molecule has 0 aromatic carbocycles. The minimum atomic E-state index is -0.700. The van der Waals surface area contributed by atoms with Crippen LogP contribution in [0, 0.1) is 0 Å². The van der Waals surface area contributed by atoms with Crippen molar-refractivity contribution in [2.75, 3.05) is 7.11 Å². The van der Waals surface area contributed by atoms with Crippen LogP contribution in [0.25, 0.3) is 5.65 Å². The average Bonchev–Trinajstić information content (AvgIpc) is 3.24. The Kier molecular flexibility index (Phi) is 4.85. The molecule has 0 aliphatic heterocycles. The van der Waals surface area contributed by atoms with Crippen LogP contribution in [0.1, 0.15) is 59.9 Å². The predicted molar refractivity (Wildman–Crippen MR) is 92.5 cm³/mol. The van der Waals surface area contributed by atoms with Crippen molar-refractivity contribution in [3.05, 3.63) is 53.5 Å². The SMILES string of the molecule is COC(=O)c1cnc(CCC(O)c2cn3cc(C(C)C)ccc3n2)[nH]1. The molecule has 0 saturated carbocycles. The van der Waals surface area contributed by atoms with Gasteiger partial charge < -0.3 is 19.2 Å². The van der Waals surface area contributed by atoms with Crippen LogP contribution in [0.2, 0.25) is 0 Å². The Morgan fingerprint density at radius 3 is 2.88 bits per heavy atom. The minimum Gasteiger partial charge on any atom is -0.464 e. The molecule has 1 unspecified atom stereocenters. The molecule has 7 nitrogen and oxygen atoms in total. The van der Waals surface area contributed by atoms with Crippen LogP contribution < -0.4 is 0 Å². The Labute approximate surface area is 145 Å². The molecule has 0 bridgehead atoms. The third kappa shape index (κ3) is 3.71. The first-order chi connectivity index (χ1) is 12.0. The highest BCUT2D eigenvalue weighted by atomic mass is 16.5. The van der Waals surface area contributed by atoms with Crippen LogP contribution in [0.15, 0.2) is 30.7 Å². The smallest absolute Gasteiger partial charge is 0.356 e. The zero-order chi connectivity index (χ0) is 18.0. The number of aliphatic hydroxyl groups excluding tert-OH is 1. The number of rotatable bonds is 6. The van der Waals surface area contributed by atoms with Crippen molar-refractivity contribution in [3.63, 3.8) is 0 Å². The first kappa shape index (κ1) is 17.2. The molecule has 0 fully saturated rings. The largest absolute Gasteiger partial charge is 0.464 e. The minimum absolute atomic E-state index is 0.306. The van der Waals surface area contributed by atoms with Gasteiger partial charge in [-0.3, -0.25) is 0 Å². The lowest BCUT2D eigenvalue weighted by Crippen LogP contribution is -2.03. The van der Waals surface area contributed by atoms with E-state index in [1.807, 2.05) is 22.9 Å². The van der Waals surface area contributed by atoms with E-state index in [0.29, 0.717) is 36.0 Å². The maximum atomic E-state index is 11.4. The van der Waals surface area contributed by atoms with E-state index in [4.69, 9.17) is 0 Å². The fraction of sp³-hybridized carbons (Fsp3) is 0.389. The van der Waals surface area contributed by atoms with Gasteiger partial charge in [-0.2, -0.15) is 0 Å². The number of aromatic amines is 1. The number of carbonyl (C=O) groups excluding carboxylic acids is 1. The number of esters is 1. The second-order valence-corrected chi connectivity index (χ2v) is 6.34. The number of aryl methyl sites for hydroxylation is 1. The van der Waals surface area contributed by atoms with Gasteiger partial charge in [0, 0.05) is 18.8 Å². The fourth-order valence-corrected chi connectivity index (χ4v) is 2.66. The Morgan fingerprint density at radius 1 is 1.36 bits per heavy atom. The second kappa shape index (κ2) is 7.06. The van der Waals surface area contributed by atoms with E-state index in [2.05, 4.69) is 39.6 Å². The van der Waals surface area contributed by atoms with Crippen molar-refractivity contribution in [2.45, 2.75) is 38.7 Å². The molecule has 0 amide bonds. The van der Waals surface area contributed by atoms with E-state index in [1.54, 1.807) is 0 Å². The summed E-state index contributed by atoms with van der Waals surface area (Å²) < 4.78 is 6.57. The van der Waals surface area contributed by atoms with Gasteiger partial charge in [0.05, 0.1) is 25.1 Å². The van der Waals surface area contributed by atoms with Crippen molar-refractivity contribution < 1.29 is 14.6 Å². The van der Waals surface area contributed by atoms with Gasteiger partial charge in [0.1, 0.15) is 17.2 Å². The highest BCUT2D eigenvalue weighted by molar-refractivity contribution is 5.86. The molecule has 3 heterocycles. The number of aliphatic hydroxyl groups is 1. The van der Waals surface area contributed by atoms with Crippen LogP contribution >= 0.6 is 0 Å². The predicted octanol–water partition coefficient (Wildman–Crippen LogP) is 2.63. The molecule has 132 valence electrons. The third-order valence-electron chi connectivity index (χ3n) is 4.19. The monoisotopic (exact) mass is 342 g/mol. The lowest BCUT2D eigenvalue weighted by molar-refractivity contribution is 0.0594. The summed E-state index contributed by atoms with van der Waals surface area (Å²) in [5.41, 5.74) is 2.96. The molecule has 25 heavy (non-hydrogen) atoms. The number of aromatic nitrogens is 4. The molecule has 3 aromatic rings. The number of nitrogens with zero attached hydrogens (tertiary/aromatic N) is 3. The van der Waals surface area contributed by atoms with Crippen molar-refractivity contribution in [3.8, 4) is 0 Å². The van der Waals surface area contributed by atoms with Gasteiger partial charge in [-0.05, 0) is 24.0 Å². The van der Waals surface area contributed by atoms with Gasteiger partial charge in [0.2, 0.25) is 0 Å². The Hall–Kier alpha value is -2.67. The van der Waals surface area contributed by atoms with Crippen molar-refractivity contribution >= 4 is 11.6 Å². The van der Waals surface area contributed by atoms with E-state index >= 15 is 0 Å². The molecule has 3 aromatic heterocycles. The molecule has 0 aliphatic carbocycles. The number of imidazole rings is 2. The van der Waals surface area contributed by atoms with Gasteiger partial charge >= 0.3 is 5.97 Å². The average molecular weight is 342 g/mol. The normalized spacial score (nSPS) is 12.7. The van der Waals surface area contributed by atoms with E-state index < -0.39 is 12.1 Å². The van der Waals surface area contributed by atoms with Crippen LogP contribution in [0.5, 0.6) is 0 Å². The molecular formula is C18H22N4O3. The zero-order valence-corrected chi connectivity index (χ0v) is 14.6. The van der Waals surface area contributed by atoms with E-state index in [9.17, 15) is 9.90 Å². The number of hydrogen-bond acceptors (Lipinski definition) is 5. The maximum absolute atomic E-state index is 11.4. The van der Waals surface area contributed by atoms with Crippen LogP contribution in [-0.4, -0.2) is 37.5 Å². The van der Waals surface area contributed by atoms with E-state index in [-0.39, 0.29) is 0 Å². The van der Waals surface area contributed by atoms with Gasteiger partial charge in [-0.25, -0.2) is 14.8 Å². The summed E-state index contributed by atoms with van der Waals surface area (Å²) >= 11 is 0. The number of pyridine rings is 1. The van der Waals surface area contributed by atoms with Crippen LogP contribution in [0.4, 0.5) is 0 Å². The first-order valence-corrected chi connectivity index (χ1v) is 8.26. The van der Waals surface area contributed by atoms with Crippen LogP contribution in [-0.2, 0) is 11.2 Å².